The molecule has 0 aromatic heterocycles. The first-order valence-electron chi connectivity index (χ1n) is 11.3. The van der Waals surface area contributed by atoms with Gasteiger partial charge in [0.1, 0.15) is 0 Å². The summed E-state index contributed by atoms with van der Waals surface area (Å²) < 4.78 is 7.62. The van der Waals surface area contributed by atoms with Crippen LogP contribution in [0, 0.1) is 5.92 Å². The number of hydrogen-bond donors (Lipinski definition) is 0. The van der Waals surface area contributed by atoms with Gasteiger partial charge in [-0.15, -0.1) is 0 Å². The van der Waals surface area contributed by atoms with Gasteiger partial charge in [-0.2, -0.15) is 0 Å². The fourth-order valence-corrected chi connectivity index (χ4v) is 6.95. The van der Waals surface area contributed by atoms with E-state index in [0.717, 1.165) is 25.2 Å². The van der Waals surface area contributed by atoms with Crippen molar-refractivity contribution in [3.8, 4) is 0 Å². The minimum atomic E-state index is 0.260. The molecule has 4 bridgehead atoms. The minimum absolute atomic E-state index is 0.260. The molecule has 0 radical (unpaired) electrons. The molecule has 31 heavy (non-hydrogen) atoms. The molecule has 0 spiro atoms. The van der Waals surface area contributed by atoms with Gasteiger partial charge in [-0.25, -0.2) is 0 Å². The van der Waals surface area contributed by atoms with Gasteiger partial charge >= 0.3 is 192 Å². The second kappa shape index (κ2) is 9.02. The van der Waals surface area contributed by atoms with E-state index in [9.17, 15) is 0 Å². The zero-order chi connectivity index (χ0) is 21.2. The first-order valence-corrected chi connectivity index (χ1v) is 13.1. The molecule has 0 unspecified atom stereocenters. The molecule has 2 atom stereocenters. The number of nitrogens with zero attached hydrogens (tertiary/aromatic N) is 1. The van der Waals surface area contributed by atoms with Crippen molar-refractivity contribution >= 4 is 25.3 Å². The van der Waals surface area contributed by atoms with Crippen LogP contribution in [0.15, 0.2) is 77.8 Å². The van der Waals surface area contributed by atoms with Gasteiger partial charge in [0, 0.05) is 0 Å². The Labute approximate surface area is 191 Å². The normalized spacial score (nSPS) is 20.3. The van der Waals surface area contributed by atoms with Crippen molar-refractivity contribution in [3.05, 3.63) is 101 Å². The molecule has 8 rings (SSSR count). The van der Waals surface area contributed by atoms with Crippen LogP contribution >= 0.6 is 0 Å². The maximum absolute atomic E-state index is 6.18. The van der Waals surface area contributed by atoms with Crippen LogP contribution in [-0.2, 0) is 24.0 Å². The predicted molar refractivity (Wildman–Crippen MR) is 130 cm³/mol. The van der Waals surface area contributed by atoms with E-state index in [4.69, 9.17) is 9.73 Å². The van der Waals surface area contributed by atoms with Crippen molar-refractivity contribution in [2.75, 3.05) is 6.61 Å². The molecule has 0 saturated carbocycles. The summed E-state index contributed by atoms with van der Waals surface area (Å²) in [4.78, 5) is 5.45. The Balaban J connectivity index is 1.60. The standard InChI is InChI=1S/C28H29NOSe/c1-19(2)26-18-30-28(29-26)25-16-21-11-8-20-9-12-22(13-10-20)17-27(24(25)15-14-21)31-23-6-4-3-5-7-23/h3-7,9-10,12-16,19,26-27H,8,11,17-18H2,1-2H3/t26-,27-/m1/s1. The van der Waals surface area contributed by atoms with Gasteiger partial charge in [0.05, 0.1) is 0 Å². The van der Waals surface area contributed by atoms with E-state index < -0.39 is 0 Å². The van der Waals surface area contributed by atoms with Crippen molar-refractivity contribution < 1.29 is 4.74 Å². The molecule has 0 fully saturated rings. The Hall–Kier alpha value is -2.35. The van der Waals surface area contributed by atoms with E-state index in [1.807, 2.05) is 0 Å². The SMILES string of the molecule is CC(C)[C@H]1COC(c2cc3ccc2[C@H]([Se]c2ccccc2)Cc2ccc(cc2)CC3)=N1. The van der Waals surface area contributed by atoms with Gasteiger partial charge < -0.3 is 0 Å². The molecule has 1 aliphatic heterocycles. The summed E-state index contributed by atoms with van der Waals surface area (Å²) in [6.07, 6.45) is 3.16. The topological polar surface area (TPSA) is 21.6 Å². The number of aryl methyl sites for hydroxylation is 2. The summed E-state index contributed by atoms with van der Waals surface area (Å²) in [5, 5.41) is 0. The third-order valence-corrected chi connectivity index (χ3v) is 8.93. The fourth-order valence-electron chi connectivity index (χ4n) is 4.33. The Morgan fingerprint density at radius 1 is 0.871 bits per heavy atom. The Kier molecular flexibility index (Phi) is 5.98. The van der Waals surface area contributed by atoms with Crippen molar-refractivity contribution in [3.63, 3.8) is 0 Å². The van der Waals surface area contributed by atoms with Crippen LogP contribution < -0.4 is 4.46 Å². The molecule has 0 N–H and O–H groups in total. The third-order valence-electron chi connectivity index (χ3n) is 6.31. The van der Waals surface area contributed by atoms with Crippen LogP contribution in [0.1, 0.15) is 46.5 Å². The molecule has 5 aliphatic rings. The van der Waals surface area contributed by atoms with Crippen LogP contribution in [0.5, 0.6) is 0 Å². The van der Waals surface area contributed by atoms with Crippen LogP contribution in [0.3, 0.4) is 0 Å². The summed E-state index contributed by atoms with van der Waals surface area (Å²) in [6, 6.07) is 27.6. The summed E-state index contributed by atoms with van der Waals surface area (Å²) >= 11 is 0.316. The number of benzene rings is 3. The van der Waals surface area contributed by atoms with Gasteiger partial charge in [0.15, 0.2) is 0 Å². The molecule has 0 amide bonds. The van der Waals surface area contributed by atoms with Crippen molar-refractivity contribution in [2.45, 2.75) is 44.0 Å². The molecule has 0 saturated heterocycles. The van der Waals surface area contributed by atoms with Gasteiger partial charge in [0.25, 0.3) is 0 Å². The van der Waals surface area contributed by atoms with E-state index in [0.29, 0.717) is 32.3 Å². The fraction of sp³-hybridized carbons (Fsp3) is 0.321. The second-order valence-electron chi connectivity index (χ2n) is 8.92. The molecule has 4 aliphatic carbocycles. The van der Waals surface area contributed by atoms with E-state index >= 15 is 0 Å². The van der Waals surface area contributed by atoms with Crippen molar-refractivity contribution in [1.29, 1.82) is 0 Å². The Morgan fingerprint density at radius 2 is 1.58 bits per heavy atom. The average Bonchev–Trinajstić information content (AvgIpc) is 3.28. The summed E-state index contributed by atoms with van der Waals surface area (Å²) in [6.45, 7) is 5.16. The number of aliphatic imine (C=N–C) groups is 1. The zero-order valence-electron chi connectivity index (χ0n) is 18.3. The number of hydrogen-bond acceptors (Lipinski definition) is 2. The molecule has 158 valence electrons. The van der Waals surface area contributed by atoms with Crippen molar-refractivity contribution in [2.24, 2.45) is 10.9 Å². The summed E-state index contributed by atoms with van der Waals surface area (Å²) in [5.41, 5.74) is 6.80. The Bertz CT molecular complexity index is 1070. The molecular weight excluding hydrogens is 445 g/mol. The van der Waals surface area contributed by atoms with E-state index in [1.165, 1.54) is 32.3 Å². The van der Waals surface area contributed by atoms with E-state index in [-0.39, 0.29) is 6.04 Å². The maximum atomic E-state index is 6.18. The van der Waals surface area contributed by atoms with Gasteiger partial charge in [-0.05, 0) is 0 Å². The van der Waals surface area contributed by atoms with Crippen LogP contribution in [-0.4, -0.2) is 33.5 Å². The molecular formula is C28H29NOSe. The third kappa shape index (κ3) is 4.63. The number of ether oxygens (including phenoxy) is 1. The quantitative estimate of drug-likeness (QED) is 0.493. The monoisotopic (exact) mass is 475 g/mol. The molecule has 3 aromatic rings. The van der Waals surface area contributed by atoms with Crippen LogP contribution in [0.25, 0.3) is 0 Å². The molecule has 2 nitrogen and oxygen atoms in total. The molecule has 3 aromatic carbocycles. The molecule has 3 heteroatoms. The summed E-state index contributed by atoms with van der Waals surface area (Å²) in [7, 11) is 0. The number of rotatable bonds is 4. The van der Waals surface area contributed by atoms with Crippen LogP contribution in [0.4, 0.5) is 0 Å². The Morgan fingerprint density at radius 3 is 2.32 bits per heavy atom. The molecule has 1 heterocycles. The average molecular weight is 475 g/mol. The van der Waals surface area contributed by atoms with Crippen LogP contribution in [0.2, 0.25) is 0 Å². The van der Waals surface area contributed by atoms with Gasteiger partial charge in [0.2, 0.25) is 0 Å². The second-order valence-corrected chi connectivity index (χ2v) is 11.6. The first kappa shape index (κ1) is 20.5. The van der Waals surface area contributed by atoms with Gasteiger partial charge in [-0.1, -0.05) is 0 Å². The van der Waals surface area contributed by atoms with E-state index in [2.05, 4.69) is 86.6 Å². The zero-order valence-corrected chi connectivity index (χ0v) is 20.0. The summed E-state index contributed by atoms with van der Waals surface area (Å²) in [5.74, 6) is 1.35. The first-order chi connectivity index (χ1) is 15.2. The van der Waals surface area contributed by atoms with Crippen molar-refractivity contribution in [1.82, 2.24) is 0 Å². The predicted octanol–water partition coefficient (Wildman–Crippen LogP) is 4.90. The van der Waals surface area contributed by atoms with E-state index in [1.54, 1.807) is 0 Å². The van der Waals surface area contributed by atoms with Gasteiger partial charge in [-0.3, -0.25) is 0 Å².